The monoisotopic (exact) mass is 270 g/mol. The largest absolute Gasteiger partial charge is 0.442 e. The van der Waals surface area contributed by atoms with Gasteiger partial charge in [0.25, 0.3) is 18.6 Å². The van der Waals surface area contributed by atoms with E-state index in [0.717, 1.165) is 0 Å². The normalized spacial score (nSPS) is 18.2. The maximum atomic E-state index is 5.76. The third-order valence-electron chi connectivity index (χ3n) is 1.56. The van der Waals surface area contributed by atoms with Crippen LogP contribution < -0.4 is 0 Å². The first-order chi connectivity index (χ1) is 6.45. The van der Waals surface area contributed by atoms with Gasteiger partial charge in [-0.05, 0) is 32.7 Å². The smallest absolute Gasteiger partial charge is 0.308 e. The van der Waals surface area contributed by atoms with Gasteiger partial charge in [-0.3, -0.25) is 0 Å². The van der Waals surface area contributed by atoms with Gasteiger partial charge in [0.05, 0.1) is 0 Å². The summed E-state index contributed by atoms with van der Waals surface area (Å²) in [5, 5.41) is 0. The third kappa shape index (κ3) is 8.05. The molecule has 3 atom stereocenters. The van der Waals surface area contributed by atoms with Gasteiger partial charge >= 0.3 is 9.28 Å². The van der Waals surface area contributed by atoms with E-state index in [9.17, 15) is 0 Å². The topological polar surface area (TPSA) is 36.9 Å². The zero-order valence-electron chi connectivity index (χ0n) is 9.94. The highest BCUT2D eigenvalue weighted by Gasteiger charge is 2.17. The number of rotatable bonds is 7. The molecule has 0 aliphatic carbocycles. The first-order valence-corrected chi connectivity index (χ1v) is 14.0. The summed E-state index contributed by atoms with van der Waals surface area (Å²) in [5.41, 5.74) is 0. The van der Waals surface area contributed by atoms with Crippen LogP contribution in [0, 0.1) is 0 Å². The molecule has 14 heavy (non-hydrogen) atoms. The minimum absolute atomic E-state index is 0.947. The van der Waals surface area contributed by atoms with E-state index in [1.165, 1.54) is 0 Å². The Kier molecular flexibility index (Phi) is 8.33. The summed E-state index contributed by atoms with van der Waals surface area (Å²) in [5.74, 6) is 0. The Morgan fingerprint density at radius 3 is 1.50 bits per heavy atom. The predicted molar refractivity (Wildman–Crippen MR) is 68.2 cm³/mol. The average molecular weight is 271 g/mol. The molecule has 0 aliphatic heterocycles. The molecule has 0 bridgehead atoms. The highest BCUT2D eigenvalue weighted by Crippen LogP contribution is 1.99. The van der Waals surface area contributed by atoms with Crippen molar-refractivity contribution in [2.24, 2.45) is 0 Å². The molecule has 0 rings (SSSR count). The lowest BCUT2D eigenvalue weighted by atomic mass is 11.8. The molecule has 0 saturated carbocycles. The summed E-state index contributed by atoms with van der Waals surface area (Å²) in [7, 11) is -3.60. The van der Waals surface area contributed by atoms with Crippen LogP contribution in [0.1, 0.15) is 0 Å². The second-order valence-corrected chi connectivity index (χ2v) is 12.6. The molecule has 0 heterocycles. The molecule has 3 unspecified atom stereocenters. The summed E-state index contributed by atoms with van der Waals surface area (Å²) < 4.78 is 22.3. The van der Waals surface area contributed by atoms with Crippen LogP contribution >= 0.6 is 0 Å². The maximum Gasteiger partial charge on any atom is 0.308 e. The van der Waals surface area contributed by atoms with Crippen LogP contribution in [0.25, 0.3) is 0 Å². The zero-order chi connectivity index (χ0) is 11.1. The highest BCUT2D eigenvalue weighted by molar-refractivity contribution is 6.67. The summed E-state index contributed by atoms with van der Waals surface area (Å²) in [4.78, 5) is 0. The lowest BCUT2D eigenvalue weighted by Crippen LogP contribution is -2.36. The van der Waals surface area contributed by atoms with E-state index < -0.39 is 36.9 Å². The van der Waals surface area contributed by atoms with Crippen LogP contribution in [0.15, 0.2) is 0 Å². The fourth-order valence-corrected chi connectivity index (χ4v) is 10.5. The molecule has 0 spiro atoms. The summed E-state index contributed by atoms with van der Waals surface area (Å²) in [6.45, 7) is 10.4. The van der Waals surface area contributed by atoms with Crippen molar-refractivity contribution < 1.29 is 16.8 Å². The summed E-state index contributed by atoms with van der Waals surface area (Å²) in [6, 6.07) is 0. The number of hydrogen-bond acceptors (Lipinski definition) is 4. The number of hydrogen-bond donors (Lipinski definition) is 0. The Hall–Kier alpha value is 0.708. The van der Waals surface area contributed by atoms with Crippen molar-refractivity contribution in [1.29, 1.82) is 0 Å². The van der Waals surface area contributed by atoms with Crippen molar-refractivity contribution in [2.45, 2.75) is 32.7 Å². The van der Waals surface area contributed by atoms with E-state index >= 15 is 0 Å². The molecule has 86 valence electrons. The van der Waals surface area contributed by atoms with Crippen molar-refractivity contribution in [1.82, 2.24) is 0 Å². The van der Waals surface area contributed by atoms with Crippen molar-refractivity contribution in [2.75, 3.05) is 7.11 Å². The second-order valence-electron chi connectivity index (χ2n) is 3.40. The maximum absolute atomic E-state index is 5.76. The van der Waals surface area contributed by atoms with Crippen molar-refractivity contribution in [3.05, 3.63) is 0 Å². The van der Waals surface area contributed by atoms with E-state index in [-0.39, 0.29) is 0 Å². The van der Waals surface area contributed by atoms with Gasteiger partial charge in [0, 0.05) is 7.11 Å². The molecule has 0 fully saturated rings. The lowest BCUT2D eigenvalue weighted by molar-refractivity contribution is 0.309. The molecular formula is C6H22O4Si4. The predicted octanol–water partition coefficient (Wildman–Crippen LogP) is 0.217. The molecule has 0 aromatic carbocycles. The quantitative estimate of drug-likeness (QED) is 0.620. The molecule has 0 amide bonds. The van der Waals surface area contributed by atoms with E-state index in [0.29, 0.717) is 0 Å². The average Bonchev–Trinajstić information content (AvgIpc) is 2.01. The van der Waals surface area contributed by atoms with Crippen molar-refractivity contribution >= 4 is 36.9 Å². The molecule has 0 radical (unpaired) electrons. The highest BCUT2D eigenvalue weighted by atomic mass is 28.4. The minimum Gasteiger partial charge on any atom is -0.442 e. The van der Waals surface area contributed by atoms with Gasteiger partial charge < -0.3 is 16.8 Å². The van der Waals surface area contributed by atoms with Gasteiger partial charge in [-0.2, -0.15) is 0 Å². The lowest BCUT2D eigenvalue weighted by Gasteiger charge is -2.21. The summed E-state index contributed by atoms with van der Waals surface area (Å²) in [6.07, 6.45) is 0. The van der Waals surface area contributed by atoms with Gasteiger partial charge in [0.15, 0.2) is 9.04 Å². The first-order valence-electron chi connectivity index (χ1n) is 4.94. The molecule has 0 aliphatic rings. The molecule has 0 N–H and O–H groups in total. The standard InChI is InChI=1S/C6H22O4Si4/c1-7-12(4)9-14(6)10-13(5)8-11(2)3/h11-14H,1-6H3. The molecular weight excluding hydrogens is 248 g/mol. The fraction of sp³-hybridized carbons (Fsp3) is 1.00. The Balaban J connectivity index is 3.65. The van der Waals surface area contributed by atoms with Crippen LogP contribution in [0.3, 0.4) is 0 Å². The third-order valence-corrected chi connectivity index (χ3v) is 12.1. The molecule has 0 aromatic rings. The van der Waals surface area contributed by atoms with Gasteiger partial charge in [-0.15, -0.1) is 0 Å². The fourth-order valence-electron chi connectivity index (χ4n) is 1.04. The SMILES string of the molecule is CO[SiH](C)O[SiH](C)O[SiH](C)O[SiH](C)C. The molecule has 0 aromatic heterocycles. The van der Waals surface area contributed by atoms with Gasteiger partial charge in [-0.1, -0.05) is 0 Å². The van der Waals surface area contributed by atoms with Crippen LogP contribution in [0.2, 0.25) is 32.7 Å². The van der Waals surface area contributed by atoms with E-state index in [1.807, 2.05) is 13.1 Å². The molecule has 4 nitrogen and oxygen atoms in total. The first kappa shape index (κ1) is 14.7. The van der Waals surface area contributed by atoms with Crippen molar-refractivity contribution in [3.63, 3.8) is 0 Å². The zero-order valence-corrected chi connectivity index (χ0v) is 14.6. The molecule has 8 heteroatoms. The van der Waals surface area contributed by atoms with Crippen LogP contribution in [0.4, 0.5) is 0 Å². The Morgan fingerprint density at radius 1 is 0.643 bits per heavy atom. The summed E-state index contributed by atoms with van der Waals surface area (Å²) >= 11 is 0. The second kappa shape index (κ2) is 7.93. The van der Waals surface area contributed by atoms with E-state index in [4.69, 9.17) is 16.8 Å². The van der Waals surface area contributed by atoms with Crippen LogP contribution in [0.5, 0.6) is 0 Å². The van der Waals surface area contributed by atoms with E-state index in [2.05, 4.69) is 19.6 Å². The van der Waals surface area contributed by atoms with Crippen LogP contribution in [-0.2, 0) is 16.8 Å². The van der Waals surface area contributed by atoms with E-state index in [1.54, 1.807) is 7.11 Å². The Bertz CT molecular complexity index is 148. The molecule has 0 saturated heterocycles. The van der Waals surface area contributed by atoms with Gasteiger partial charge in [-0.25, -0.2) is 0 Å². The van der Waals surface area contributed by atoms with Crippen molar-refractivity contribution in [3.8, 4) is 0 Å². The van der Waals surface area contributed by atoms with Gasteiger partial charge in [0.1, 0.15) is 0 Å². The minimum atomic E-state index is -1.50. The Labute approximate surface area is 93.8 Å². The Morgan fingerprint density at radius 2 is 1.07 bits per heavy atom. The van der Waals surface area contributed by atoms with Crippen LogP contribution in [-0.4, -0.2) is 44.0 Å². The van der Waals surface area contributed by atoms with Gasteiger partial charge in [0.2, 0.25) is 0 Å².